The van der Waals surface area contributed by atoms with Crippen LogP contribution in [-0.2, 0) is 10.0 Å². The first-order valence-corrected chi connectivity index (χ1v) is 8.01. The molecular weight excluding hydrogens is 288 g/mol. The number of phenols is 1. The van der Waals surface area contributed by atoms with E-state index in [1.54, 1.807) is 24.4 Å². The van der Waals surface area contributed by atoms with Crippen LogP contribution in [0.2, 0.25) is 0 Å². The van der Waals surface area contributed by atoms with Crippen LogP contribution < -0.4 is 4.31 Å². The highest BCUT2D eigenvalue weighted by atomic mass is 32.2. The Bertz CT molecular complexity index is 725. The van der Waals surface area contributed by atoms with E-state index in [-0.39, 0.29) is 10.6 Å². The molecule has 1 aromatic heterocycles. The van der Waals surface area contributed by atoms with Gasteiger partial charge in [0.25, 0.3) is 10.0 Å². The molecule has 1 aromatic carbocycles. The monoisotopic (exact) mass is 306 g/mol. The Morgan fingerprint density at radius 1 is 1.14 bits per heavy atom. The third-order valence-corrected chi connectivity index (χ3v) is 5.07. The van der Waals surface area contributed by atoms with Crippen molar-refractivity contribution in [1.82, 2.24) is 4.98 Å². The molecule has 1 heterocycles. The summed E-state index contributed by atoms with van der Waals surface area (Å²) in [6.07, 6.45) is 1.66. The zero-order chi connectivity index (χ0) is 15.6. The summed E-state index contributed by atoms with van der Waals surface area (Å²) < 4.78 is 26.1. The summed E-state index contributed by atoms with van der Waals surface area (Å²) in [5, 5.41) is 9.73. The van der Waals surface area contributed by atoms with Crippen molar-refractivity contribution in [3.8, 4) is 5.75 Å². The van der Waals surface area contributed by atoms with E-state index in [9.17, 15) is 13.5 Å². The van der Waals surface area contributed by atoms with Crippen molar-refractivity contribution in [3.63, 3.8) is 0 Å². The molecule has 0 atom stereocenters. The average Bonchev–Trinajstić information content (AvgIpc) is 2.46. The minimum absolute atomic E-state index is 0.137. The lowest BCUT2D eigenvalue weighted by molar-refractivity contribution is 0.458. The molecule has 0 aliphatic rings. The van der Waals surface area contributed by atoms with Gasteiger partial charge in [0.05, 0.1) is 0 Å². The fourth-order valence-electron chi connectivity index (χ4n) is 1.87. The molecule has 2 aromatic rings. The van der Waals surface area contributed by atoms with Crippen LogP contribution in [-0.4, -0.2) is 25.6 Å². The smallest absolute Gasteiger partial charge is 0.268 e. The Hall–Kier alpha value is -2.08. The molecule has 0 radical (unpaired) electrons. The Balaban J connectivity index is 2.39. The molecule has 112 valence electrons. The molecule has 5 nitrogen and oxygen atoms in total. The van der Waals surface area contributed by atoms with Crippen LogP contribution in [0.25, 0.3) is 0 Å². The second-order valence-electron chi connectivity index (χ2n) is 5.04. The highest BCUT2D eigenvalue weighted by molar-refractivity contribution is 7.92. The molecule has 0 bridgehead atoms. The number of pyridine rings is 1. The lowest BCUT2D eigenvalue weighted by Gasteiger charge is -2.19. The summed E-state index contributed by atoms with van der Waals surface area (Å²) in [6, 6.07) is 9.36. The molecule has 21 heavy (non-hydrogen) atoms. The largest absolute Gasteiger partial charge is 0.507 e. The lowest BCUT2D eigenvalue weighted by Crippen LogP contribution is -2.27. The van der Waals surface area contributed by atoms with Gasteiger partial charge in [-0.05, 0) is 29.7 Å². The molecule has 0 amide bonds. The third kappa shape index (κ3) is 3.00. The minimum Gasteiger partial charge on any atom is -0.507 e. The SMILES string of the molecule is CC(C)c1ccc(N(C)S(=O)(=O)c2ccccc2O)nc1. The van der Waals surface area contributed by atoms with E-state index >= 15 is 0 Å². The van der Waals surface area contributed by atoms with Gasteiger partial charge in [-0.15, -0.1) is 0 Å². The second kappa shape index (κ2) is 5.73. The fraction of sp³-hybridized carbons (Fsp3) is 0.267. The van der Waals surface area contributed by atoms with Crippen LogP contribution in [0, 0.1) is 0 Å². The standard InChI is InChI=1S/C15H18N2O3S/c1-11(2)12-8-9-15(16-10-12)17(3)21(19,20)14-7-5-4-6-13(14)18/h4-11,18H,1-3H3. The summed E-state index contributed by atoms with van der Waals surface area (Å²) >= 11 is 0. The van der Waals surface area contributed by atoms with E-state index in [4.69, 9.17) is 0 Å². The molecule has 2 rings (SSSR count). The summed E-state index contributed by atoms with van der Waals surface area (Å²) in [5.74, 6) is 0.359. The Morgan fingerprint density at radius 3 is 2.33 bits per heavy atom. The Labute approximate surface area is 124 Å². The Kier molecular flexibility index (Phi) is 4.18. The Morgan fingerprint density at radius 2 is 1.81 bits per heavy atom. The molecule has 0 fully saturated rings. The van der Waals surface area contributed by atoms with Crippen LogP contribution in [0.5, 0.6) is 5.75 Å². The van der Waals surface area contributed by atoms with Crippen LogP contribution in [0.3, 0.4) is 0 Å². The quantitative estimate of drug-likeness (QED) is 0.943. The van der Waals surface area contributed by atoms with Crippen LogP contribution in [0.4, 0.5) is 5.82 Å². The number of benzene rings is 1. The van der Waals surface area contributed by atoms with Gasteiger partial charge in [-0.25, -0.2) is 13.4 Å². The van der Waals surface area contributed by atoms with Crippen molar-refractivity contribution in [2.24, 2.45) is 0 Å². The third-order valence-electron chi connectivity index (χ3n) is 3.26. The van der Waals surface area contributed by atoms with E-state index in [1.165, 1.54) is 19.2 Å². The van der Waals surface area contributed by atoms with Gasteiger partial charge >= 0.3 is 0 Å². The molecular formula is C15H18N2O3S. The average molecular weight is 306 g/mol. The number of sulfonamides is 1. The van der Waals surface area contributed by atoms with Crippen molar-refractivity contribution in [1.29, 1.82) is 0 Å². The highest BCUT2D eigenvalue weighted by Gasteiger charge is 2.25. The van der Waals surface area contributed by atoms with E-state index in [0.29, 0.717) is 11.7 Å². The predicted octanol–water partition coefficient (Wildman–Crippen LogP) is 2.74. The number of rotatable bonds is 4. The number of hydrogen-bond donors (Lipinski definition) is 1. The number of hydrogen-bond acceptors (Lipinski definition) is 4. The van der Waals surface area contributed by atoms with Crippen molar-refractivity contribution < 1.29 is 13.5 Å². The molecule has 0 aliphatic carbocycles. The molecule has 0 aliphatic heterocycles. The van der Waals surface area contributed by atoms with Crippen LogP contribution >= 0.6 is 0 Å². The topological polar surface area (TPSA) is 70.5 Å². The van der Waals surface area contributed by atoms with Gasteiger partial charge in [-0.3, -0.25) is 4.31 Å². The highest BCUT2D eigenvalue weighted by Crippen LogP contribution is 2.27. The lowest BCUT2D eigenvalue weighted by atomic mass is 10.1. The van der Waals surface area contributed by atoms with Gasteiger partial charge in [-0.1, -0.05) is 32.0 Å². The van der Waals surface area contributed by atoms with Gasteiger partial charge in [0.2, 0.25) is 0 Å². The number of phenolic OH excluding ortho intramolecular Hbond substituents is 1. The van der Waals surface area contributed by atoms with Crippen molar-refractivity contribution >= 4 is 15.8 Å². The second-order valence-corrected chi connectivity index (χ2v) is 6.98. The van der Waals surface area contributed by atoms with Crippen molar-refractivity contribution in [2.75, 3.05) is 11.4 Å². The zero-order valence-electron chi connectivity index (χ0n) is 12.2. The van der Waals surface area contributed by atoms with E-state index in [1.807, 2.05) is 19.9 Å². The summed E-state index contributed by atoms with van der Waals surface area (Å²) in [4.78, 5) is 4.05. The van der Waals surface area contributed by atoms with Gasteiger partial charge in [0, 0.05) is 13.2 Å². The summed E-state index contributed by atoms with van der Waals surface area (Å²) in [7, 11) is -2.42. The van der Waals surface area contributed by atoms with Gasteiger partial charge in [0.1, 0.15) is 16.5 Å². The van der Waals surface area contributed by atoms with E-state index in [2.05, 4.69) is 4.98 Å². The first-order chi connectivity index (χ1) is 9.84. The van der Waals surface area contributed by atoms with Crippen molar-refractivity contribution in [2.45, 2.75) is 24.7 Å². The first kappa shape index (κ1) is 15.3. The molecule has 0 spiro atoms. The molecule has 0 saturated carbocycles. The first-order valence-electron chi connectivity index (χ1n) is 6.57. The number of aromatic hydroxyl groups is 1. The normalized spacial score (nSPS) is 11.6. The number of anilines is 1. The molecule has 6 heteroatoms. The van der Waals surface area contributed by atoms with E-state index in [0.717, 1.165) is 9.87 Å². The number of aromatic nitrogens is 1. The van der Waals surface area contributed by atoms with E-state index < -0.39 is 10.0 Å². The summed E-state index contributed by atoms with van der Waals surface area (Å²) in [6.45, 7) is 4.08. The fourth-order valence-corrected chi connectivity index (χ4v) is 3.10. The van der Waals surface area contributed by atoms with Gasteiger partial charge in [-0.2, -0.15) is 0 Å². The minimum atomic E-state index is -3.83. The zero-order valence-corrected chi connectivity index (χ0v) is 13.0. The molecule has 0 unspecified atom stereocenters. The maximum Gasteiger partial charge on any atom is 0.268 e. The van der Waals surface area contributed by atoms with Crippen LogP contribution in [0.1, 0.15) is 25.3 Å². The van der Waals surface area contributed by atoms with Gasteiger partial charge in [0.15, 0.2) is 0 Å². The maximum atomic E-state index is 12.5. The number of nitrogens with zero attached hydrogens (tertiary/aromatic N) is 2. The molecule has 0 saturated heterocycles. The summed E-state index contributed by atoms with van der Waals surface area (Å²) in [5.41, 5.74) is 1.03. The van der Waals surface area contributed by atoms with Gasteiger partial charge < -0.3 is 5.11 Å². The maximum absolute atomic E-state index is 12.5. The number of para-hydroxylation sites is 1. The van der Waals surface area contributed by atoms with Crippen LogP contribution in [0.15, 0.2) is 47.5 Å². The van der Waals surface area contributed by atoms with Crippen molar-refractivity contribution in [3.05, 3.63) is 48.2 Å². The molecule has 1 N–H and O–H groups in total. The predicted molar refractivity (Wildman–Crippen MR) is 82.0 cm³/mol.